The van der Waals surface area contributed by atoms with Gasteiger partial charge in [-0.25, -0.2) is 0 Å². The largest absolute Gasteiger partial charge is 0.469 e. The smallest absolute Gasteiger partial charge is 0.308 e. The van der Waals surface area contributed by atoms with Crippen molar-refractivity contribution in [3.63, 3.8) is 0 Å². The first-order valence-electron chi connectivity index (χ1n) is 10.7. The van der Waals surface area contributed by atoms with E-state index >= 15 is 0 Å². The molecule has 0 aliphatic heterocycles. The van der Waals surface area contributed by atoms with Crippen LogP contribution in [-0.4, -0.2) is 24.8 Å². The lowest BCUT2D eigenvalue weighted by Crippen LogP contribution is -2.10. The molecule has 0 spiro atoms. The lowest BCUT2D eigenvalue weighted by Gasteiger charge is -2.02. The molecule has 1 unspecified atom stereocenters. The fourth-order valence-corrected chi connectivity index (χ4v) is 2.21. The lowest BCUT2D eigenvalue weighted by molar-refractivity contribution is -0.144. The fraction of sp³-hybridized carbons (Fsp3) is 0.423. The number of ether oxygens (including phenoxy) is 1. The SMILES string of the molecule is CC.CCC(C)C(=O)OC.CCCO.Cc1ccc(-c2cc3ccccc3o2)cc1. The number of aryl methyl sites for hydroxylation is 1. The van der Waals surface area contributed by atoms with Gasteiger partial charge in [-0.05, 0) is 31.9 Å². The normalized spacial score (nSPS) is 10.4. The van der Waals surface area contributed by atoms with Gasteiger partial charge in [0.25, 0.3) is 0 Å². The van der Waals surface area contributed by atoms with Gasteiger partial charge in [-0.1, -0.05) is 82.6 Å². The van der Waals surface area contributed by atoms with Crippen molar-refractivity contribution >= 4 is 16.9 Å². The molecule has 0 saturated heterocycles. The quantitative estimate of drug-likeness (QED) is 0.466. The Balaban J connectivity index is 0.000000509. The molecule has 1 heterocycles. The highest BCUT2D eigenvalue weighted by atomic mass is 16.5. The molecule has 0 aliphatic rings. The number of benzene rings is 2. The van der Waals surface area contributed by atoms with Gasteiger partial charge in [0.05, 0.1) is 13.0 Å². The first-order chi connectivity index (χ1) is 14.5. The molecular formula is C26H38O4. The third kappa shape index (κ3) is 9.75. The van der Waals surface area contributed by atoms with E-state index in [0.717, 1.165) is 35.1 Å². The van der Waals surface area contributed by atoms with Crippen molar-refractivity contribution in [1.29, 1.82) is 0 Å². The number of para-hydroxylation sites is 1. The highest BCUT2D eigenvalue weighted by Crippen LogP contribution is 2.27. The minimum atomic E-state index is -0.118. The Morgan fingerprint density at radius 1 is 1.07 bits per heavy atom. The zero-order chi connectivity index (χ0) is 22.9. The maximum atomic E-state index is 10.5. The molecule has 30 heavy (non-hydrogen) atoms. The molecule has 3 rings (SSSR count). The average molecular weight is 415 g/mol. The number of carbonyl (C=O) groups excluding carboxylic acids is 1. The van der Waals surface area contributed by atoms with Gasteiger partial charge in [-0.2, -0.15) is 0 Å². The number of aliphatic hydroxyl groups is 1. The van der Waals surface area contributed by atoms with Crippen LogP contribution < -0.4 is 0 Å². The van der Waals surface area contributed by atoms with Crippen LogP contribution in [0, 0.1) is 12.8 Å². The van der Waals surface area contributed by atoms with Crippen molar-refractivity contribution in [2.24, 2.45) is 5.92 Å². The number of carbonyl (C=O) groups is 1. The molecule has 1 atom stereocenters. The Morgan fingerprint density at radius 3 is 2.07 bits per heavy atom. The highest BCUT2D eigenvalue weighted by molar-refractivity contribution is 5.82. The Kier molecular flexibility index (Phi) is 14.8. The number of furan rings is 1. The van der Waals surface area contributed by atoms with Crippen molar-refractivity contribution in [3.05, 3.63) is 60.2 Å². The van der Waals surface area contributed by atoms with Gasteiger partial charge in [-0.3, -0.25) is 4.79 Å². The van der Waals surface area contributed by atoms with Crippen LogP contribution in [0.15, 0.2) is 59.0 Å². The standard InChI is InChI=1S/C15H12O.C6H12O2.C3H8O.C2H6/c1-11-6-8-12(9-7-11)15-10-13-4-2-3-5-14(13)16-15;1-4-5(2)6(7)8-3;1-2-3-4;1-2/h2-10H,1H3;5H,4H2,1-3H3;4H,2-3H2,1H3;1-2H3. The van der Waals surface area contributed by atoms with Gasteiger partial charge in [0.2, 0.25) is 0 Å². The fourth-order valence-electron chi connectivity index (χ4n) is 2.21. The third-order valence-electron chi connectivity index (χ3n) is 4.20. The molecule has 3 aromatic rings. The van der Waals surface area contributed by atoms with Crippen LogP contribution in [0.2, 0.25) is 0 Å². The minimum absolute atomic E-state index is 0.0556. The van der Waals surface area contributed by atoms with E-state index in [2.05, 4.69) is 48.1 Å². The molecule has 166 valence electrons. The highest BCUT2D eigenvalue weighted by Gasteiger charge is 2.08. The summed E-state index contributed by atoms with van der Waals surface area (Å²) in [5, 5.41) is 9.03. The van der Waals surface area contributed by atoms with E-state index in [4.69, 9.17) is 9.52 Å². The van der Waals surface area contributed by atoms with Crippen LogP contribution in [0.5, 0.6) is 0 Å². The van der Waals surface area contributed by atoms with Crippen LogP contribution in [0.1, 0.15) is 53.0 Å². The summed E-state index contributed by atoms with van der Waals surface area (Å²) in [7, 11) is 1.41. The molecule has 1 aromatic heterocycles. The second kappa shape index (κ2) is 16.2. The predicted octanol–water partition coefficient (Wildman–Crippen LogP) is 7.03. The minimum Gasteiger partial charge on any atom is -0.469 e. The number of hydrogen-bond donors (Lipinski definition) is 1. The van der Waals surface area contributed by atoms with E-state index in [-0.39, 0.29) is 11.9 Å². The zero-order valence-electron chi connectivity index (χ0n) is 19.6. The monoisotopic (exact) mass is 414 g/mol. The average Bonchev–Trinajstić information content (AvgIpc) is 3.24. The number of methoxy groups -OCH3 is 1. The lowest BCUT2D eigenvalue weighted by atomic mass is 10.1. The summed E-state index contributed by atoms with van der Waals surface area (Å²) in [6.45, 7) is 12.1. The van der Waals surface area contributed by atoms with Crippen LogP contribution >= 0.6 is 0 Å². The summed E-state index contributed by atoms with van der Waals surface area (Å²) >= 11 is 0. The first-order valence-corrected chi connectivity index (χ1v) is 10.7. The molecule has 0 amide bonds. The molecule has 0 saturated carbocycles. The summed E-state index contributed by atoms with van der Waals surface area (Å²) in [4.78, 5) is 10.5. The van der Waals surface area contributed by atoms with Crippen LogP contribution in [-0.2, 0) is 9.53 Å². The molecule has 4 heteroatoms. The second-order valence-electron chi connectivity index (χ2n) is 6.57. The second-order valence-corrected chi connectivity index (χ2v) is 6.57. The predicted molar refractivity (Wildman–Crippen MR) is 127 cm³/mol. The van der Waals surface area contributed by atoms with Gasteiger partial charge in [0, 0.05) is 17.6 Å². The number of esters is 1. The van der Waals surface area contributed by atoms with Crippen molar-refractivity contribution in [2.75, 3.05) is 13.7 Å². The Hall–Kier alpha value is -2.59. The van der Waals surface area contributed by atoms with Gasteiger partial charge in [-0.15, -0.1) is 0 Å². The summed E-state index contributed by atoms with van der Waals surface area (Å²) in [6, 6.07) is 18.5. The van der Waals surface area contributed by atoms with E-state index in [1.807, 2.05) is 52.8 Å². The molecule has 0 fully saturated rings. The van der Waals surface area contributed by atoms with Crippen molar-refractivity contribution in [3.8, 4) is 11.3 Å². The van der Waals surface area contributed by atoms with E-state index in [1.165, 1.54) is 12.7 Å². The summed E-state index contributed by atoms with van der Waals surface area (Å²) in [5.41, 5.74) is 3.33. The topological polar surface area (TPSA) is 59.7 Å². The molecule has 4 nitrogen and oxygen atoms in total. The summed E-state index contributed by atoms with van der Waals surface area (Å²) < 4.78 is 10.3. The molecule has 1 N–H and O–H groups in total. The van der Waals surface area contributed by atoms with Crippen LogP contribution in [0.4, 0.5) is 0 Å². The van der Waals surface area contributed by atoms with E-state index in [0.29, 0.717) is 6.61 Å². The molecular weight excluding hydrogens is 376 g/mol. The van der Waals surface area contributed by atoms with E-state index in [1.54, 1.807) is 0 Å². The molecule has 0 radical (unpaired) electrons. The maximum absolute atomic E-state index is 10.5. The van der Waals surface area contributed by atoms with Crippen molar-refractivity contribution in [2.45, 2.75) is 54.4 Å². The Labute approximate surface area is 181 Å². The third-order valence-corrected chi connectivity index (χ3v) is 4.20. The van der Waals surface area contributed by atoms with Crippen molar-refractivity contribution in [1.82, 2.24) is 0 Å². The Morgan fingerprint density at radius 2 is 1.63 bits per heavy atom. The number of fused-ring (bicyclic) bond motifs is 1. The maximum Gasteiger partial charge on any atom is 0.308 e. The number of aliphatic hydroxyl groups excluding tert-OH is 1. The molecule has 0 bridgehead atoms. The number of rotatable bonds is 4. The zero-order valence-corrected chi connectivity index (χ0v) is 19.6. The van der Waals surface area contributed by atoms with Crippen LogP contribution in [0.3, 0.4) is 0 Å². The summed E-state index contributed by atoms with van der Waals surface area (Å²) in [6.07, 6.45) is 1.73. The number of hydrogen-bond acceptors (Lipinski definition) is 4. The Bertz CT molecular complexity index is 783. The van der Waals surface area contributed by atoms with Gasteiger partial charge in [0.1, 0.15) is 11.3 Å². The van der Waals surface area contributed by atoms with E-state index < -0.39 is 0 Å². The van der Waals surface area contributed by atoms with Crippen molar-refractivity contribution < 1.29 is 19.1 Å². The van der Waals surface area contributed by atoms with Gasteiger partial charge >= 0.3 is 5.97 Å². The van der Waals surface area contributed by atoms with Gasteiger partial charge < -0.3 is 14.3 Å². The molecule has 0 aliphatic carbocycles. The molecule has 2 aromatic carbocycles. The van der Waals surface area contributed by atoms with Crippen LogP contribution in [0.25, 0.3) is 22.3 Å². The van der Waals surface area contributed by atoms with Gasteiger partial charge in [0.15, 0.2) is 0 Å². The van der Waals surface area contributed by atoms with E-state index in [9.17, 15) is 4.79 Å². The summed E-state index contributed by atoms with van der Waals surface area (Å²) in [5.74, 6) is 0.869. The first kappa shape index (κ1) is 27.4.